The Morgan fingerprint density at radius 1 is 1.42 bits per heavy atom. The van der Waals surface area contributed by atoms with Crippen molar-refractivity contribution in [2.24, 2.45) is 5.73 Å². The van der Waals surface area contributed by atoms with E-state index >= 15 is 0 Å². The minimum atomic E-state index is -4.48. The molecule has 2 rings (SSSR count). The molecular formula is C17H18F3N3O2S. The first kappa shape index (κ1) is 19.8. The monoisotopic (exact) mass is 385 g/mol. The standard InChI is InChI=1S/C17H18F3N3O2S/c1-11(12(2)15(7-8-21)25-10-17(18,19)20)9-26(24)16-22-13-5-3-4-6-14(13)23-16/h3-8H,1,9-10,21H2,2H3,(H,22,23)/b8-7-,15-12+. The summed E-state index contributed by atoms with van der Waals surface area (Å²) >= 11 is 0. The Bertz CT molecular complexity index is 852. The quantitative estimate of drug-likeness (QED) is 0.564. The van der Waals surface area contributed by atoms with E-state index in [2.05, 4.69) is 16.5 Å². The Hall–Kier alpha value is -2.55. The van der Waals surface area contributed by atoms with Crippen molar-refractivity contribution in [3.63, 3.8) is 0 Å². The number of benzene rings is 1. The second-order valence-corrected chi connectivity index (χ2v) is 6.77. The number of nitrogens with two attached hydrogens (primary N) is 1. The second kappa shape index (κ2) is 8.22. The van der Waals surface area contributed by atoms with Gasteiger partial charge >= 0.3 is 6.18 Å². The van der Waals surface area contributed by atoms with E-state index < -0.39 is 23.6 Å². The van der Waals surface area contributed by atoms with Crippen LogP contribution in [0.25, 0.3) is 11.0 Å². The molecular weight excluding hydrogens is 367 g/mol. The summed E-state index contributed by atoms with van der Waals surface area (Å²) in [6, 6.07) is 7.22. The number of alkyl halides is 3. The Kier molecular flexibility index (Phi) is 6.25. The number of halogens is 3. The fraction of sp³-hybridized carbons (Fsp3) is 0.235. The number of para-hydroxylation sites is 2. The Morgan fingerprint density at radius 3 is 2.73 bits per heavy atom. The highest BCUT2D eigenvalue weighted by molar-refractivity contribution is 7.85. The summed E-state index contributed by atoms with van der Waals surface area (Å²) in [6.45, 7) is 3.87. The maximum absolute atomic E-state index is 12.5. The van der Waals surface area contributed by atoms with Crippen LogP contribution in [-0.4, -0.2) is 32.7 Å². The molecule has 0 aliphatic heterocycles. The van der Waals surface area contributed by atoms with Crippen LogP contribution in [0.2, 0.25) is 0 Å². The summed E-state index contributed by atoms with van der Waals surface area (Å²) in [4.78, 5) is 7.20. The molecule has 0 amide bonds. The molecule has 9 heteroatoms. The van der Waals surface area contributed by atoms with Crippen LogP contribution < -0.4 is 5.73 Å². The fourth-order valence-electron chi connectivity index (χ4n) is 2.07. The van der Waals surface area contributed by atoms with Crippen molar-refractivity contribution in [3.8, 4) is 0 Å². The molecule has 1 heterocycles. The molecule has 0 aliphatic carbocycles. The molecule has 1 aromatic carbocycles. The number of aromatic nitrogens is 2. The van der Waals surface area contributed by atoms with Gasteiger partial charge in [0.2, 0.25) is 0 Å². The van der Waals surface area contributed by atoms with E-state index in [1.807, 2.05) is 12.1 Å². The van der Waals surface area contributed by atoms with Gasteiger partial charge in [-0.2, -0.15) is 13.2 Å². The molecule has 0 radical (unpaired) electrons. The first-order valence-electron chi connectivity index (χ1n) is 7.51. The number of nitrogens with one attached hydrogen (secondary N) is 1. The Labute approximate surface area is 150 Å². The van der Waals surface area contributed by atoms with Crippen molar-refractivity contribution < 1.29 is 22.1 Å². The number of aromatic amines is 1. The maximum atomic E-state index is 12.5. The minimum absolute atomic E-state index is 0.0110. The number of H-pyrrole nitrogens is 1. The van der Waals surface area contributed by atoms with Crippen LogP contribution in [0.15, 0.2) is 65.2 Å². The average molecular weight is 385 g/mol. The highest BCUT2D eigenvalue weighted by Crippen LogP contribution is 2.22. The molecule has 0 bridgehead atoms. The lowest BCUT2D eigenvalue weighted by Gasteiger charge is -2.14. The number of hydrogen-bond donors (Lipinski definition) is 2. The van der Waals surface area contributed by atoms with Crippen LogP contribution >= 0.6 is 0 Å². The van der Waals surface area contributed by atoms with Crippen molar-refractivity contribution in [3.05, 3.63) is 60.0 Å². The highest BCUT2D eigenvalue weighted by atomic mass is 32.2. The normalized spacial score (nSPS) is 14.5. The first-order chi connectivity index (χ1) is 12.2. The molecule has 3 N–H and O–H groups in total. The zero-order valence-electron chi connectivity index (χ0n) is 14.0. The minimum Gasteiger partial charge on any atom is -0.484 e. The predicted molar refractivity (Wildman–Crippen MR) is 94.5 cm³/mol. The summed E-state index contributed by atoms with van der Waals surface area (Å²) < 4.78 is 54.4. The van der Waals surface area contributed by atoms with Crippen molar-refractivity contribution in [1.82, 2.24) is 9.97 Å². The van der Waals surface area contributed by atoms with Gasteiger partial charge in [-0.05, 0) is 42.5 Å². The molecule has 0 saturated heterocycles. The van der Waals surface area contributed by atoms with Gasteiger partial charge in [0.05, 0.1) is 27.6 Å². The zero-order chi connectivity index (χ0) is 19.3. The number of nitrogens with zero attached hydrogens (tertiary/aromatic N) is 1. The van der Waals surface area contributed by atoms with Crippen LogP contribution in [-0.2, 0) is 15.5 Å². The summed E-state index contributed by atoms with van der Waals surface area (Å²) in [7, 11) is -1.54. The van der Waals surface area contributed by atoms with Gasteiger partial charge in [0, 0.05) is 0 Å². The molecule has 5 nitrogen and oxygen atoms in total. The number of hydrogen-bond acceptors (Lipinski definition) is 4. The van der Waals surface area contributed by atoms with Crippen molar-refractivity contribution in [2.75, 3.05) is 12.4 Å². The van der Waals surface area contributed by atoms with Gasteiger partial charge in [-0.25, -0.2) is 4.98 Å². The highest BCUT2D eigenvalue weighted by Gasteiger charge is 2.29. The van der Waals surface area contributed by atoms with E-state index in [-0.39, 0.29) is 16.7 Å². The summed E-state index contributed by atoms with van der Waals surface area (Å²) in [6.07, 6.45) is -2.21. The van der Waals surface area contributed by atoms with E-state index in [0.29, 0.717) is 16.7 Å². The molecule has 1 aromatic heterocycles. The van der Waals surface area contributed by atoms with Gasteiger partial charge in [0.1, 0.15) is 5.76 Å². The average Bonchev–Trinajstić information content (AvgIpc) is 3.01. The van der Waals surface area contributed by atoms with Crippen molar-refractivity contribution in [1.29, 1.82) is 0 Å². The molecule has 26 heavy (non-hydrogen) atoms. The third-order valence-corrected chi connectivity index (χ3v) is 4.66. The molecule has 0 aliphatic rings. The van der Waals surface area contributed by atoms with Crippen molar-refractivity contribution >= 4 is 21.8 Å². The van der Waals surface area contributed by atoms with Crippen molar-refractivity contribution in [2.45, 2.75) is 18.3 Å². The van der Waals surface area contributed by atoms with E-state index in [1.54, 1.807) is 12.1 Å². The van der Waals surface area contributed by atoms with Gasteiger partial charge in [-0.3, -0.25) is 4.21 Å². The molecule has 140 valence electrons. The fourth-order valence-corrected chi connectivity index (χ4v) is 3.17. The van der Waals surface area contributed by atoms with Crippen LogP contribution in [0.3, 0.4) is 0 Å². The summed E-state index contributed by atoms with van der Waals surface area (Å²) in [5, 5.41) is 0.271. The lowest BCUT2D eigenvalue weighted by Crippen LogP contribution is -2.17. The van der Waals surface area contributed by atoms with Gasteiger partial charge in [-0.1, -0.05) is 18.7 Å². The summed E-state index contributed by atoms with van der Waals surface area (Å²) in [5.41, 5.74) is 7.37. The first-order valence-corrected chi connectivity index (χ1v) is 8.83. The lowest BCUT2D eigenvalue weighted by molar-refractivity contribution is -0.163. The number of imidazole rings is 1. The van der Waals surface area contributed by atoms with E-state index in [4.69, 9.17) is 10.5 Å². The molecule has 1 atom stereocenters. The van der Waals surface area contributed by atoms with Crippen LogP contribution in [0.5, 0.6) is 0 Å². The van der Waals surface area contributed by atoms with Crippen LogP contribution in [0, 0.1) is 0 Å². The third kappa shape index (κ3) is 5.22. The maximum Gasteiger partial charge on any atom is 0.422 e. The molecule has 0 saturated carbocycles. The van der Waals surface area contributed by atoms with E-state index in [9.17, 15) is 17.4 Å². The van der Waals surface area contributed by atoms with E-state index in [0.717, 1.165) is 11.7 Å². The predicted octanol–water partition coefficient (Wildman–Crippen LogP) is 3.55. The van der Waals surface area contributed by atoms with Crippen LogP contribution in [0.1, 0.15) is 6.92 Å². The number of allylic oxidation sites excluding steroid dienone is 2. The number of fused-ring (bicyclic) bond motifs is 1. The van der Waals surface area contributed by atoms with Gasteiger partial charge < -0.3 is 15.5 Å². The molecule has 2 aromatic rings. The van der Waals surface area contributed by atoms with E-state index in [1.165, 1.54) is 13.0 Å². The SMILES string of the molecule is C=C(CS(=O)c1nc2ccccc2[nH]1)/C(C)=C(\C=C/N)OCC(F)(F)F. The molecule has 1 unspecified atom stereocenters. The Balaban J connectivity index is 2.15. The van der Waals surface area contributed by atoms with Gasteiger partial charge in [0.25, 0.3) is 0 Å². The van der Waals surface area contributed by atoms with Gasteiger partial charge in [-0.15, -0.1) is 0 Å². The Morgan fingerprint density at radius 2 is 2.12 bits per heavy atom. The summed E-state index contributed by atoms with van der Waals surface area (Å²) in [5.74, 6) is -0.0837. The molecule has 0 fully saturated rings. The van der Waals surface area contributed by atoms with Gasteiger partial charge in [0.15, 0.2) is 11.8 Å². The largest absolute Gasteiger partial charge is 0.484 e. The topological polar surface area (TPSA) is 81.0 Å². The zero-order valence-corrected chi connectivity index (χ0v) is 14.8. The molecule has 0 spiro atoms. The number of ether oxygens (including phenoxy) is 1. The smallest absolute Gasteiger partial charge is 0.422 e. The number of rotatable bonds is 7. The second-order valence-electron chi connectivity index (χ2n) is 5.40. The third-order valence-electron chi connectivity index (χ3n) is 3.43. The van der Waals surface area contributed by atoms with Crippen LogP contribution in [0.4, 0.5) is 13.2 Å². The lowest BCUT2D eigenvalue weighted by atomic mass is 10.1.